The Bertz CT molecular complexity index is 504. The Kier molecular flexibility index (Phi) is 5.59. The number of aliphatic carboxylic acids is 1. The summed E-state index contributed by atoms with van der Waals surface area (Å²) in [6.45, 7) is 1.21. The summed E-state index contributed by atoms with van der Waals surface area (Å²) in [5.74, 6) is -1.00. The van der Waals surface area contributed by atoms with Gasteiger partial charge in [0.15, 0.2) is 0 Å². The van der Waals surface area contributed by atoms with Crippen molar-refractivity contribution in [1.82, 2.24) is 10.2 Å². The van der Waals surface area contributed by atoms with Crippen molar-refractivity contribution in [3.05, 3.63) is 34.9 Å². The van der Waals surface area contributed by atoms with Gasteiger partial charge in [0.1, 0.15) is 6.04 Å². The number of carboxylic acid groups (broad SMARTS) is 1. The Balaban J connectivity index is 1.83. The fourth-order valence-corrected chi connectivity index (χ4v) is 2.63. The number of nitrogens with one attached hydrogen (secondary N) is 1. The highest BCUT2D eigenvalue weighted by molar-refractivity contribution is 6.30. The molecule has 2 N–H and O–H groups in total. The molecule has 6 heteroatoms. The van der Waals surface area contributed by atoms with Gasteiger partial charge in [-0.05, 0) is 37.1 Å². The number of hydrogen-bond donors (Lipinski definition) is 2. The Labute approximate surface area is 128 Å². The van der Waals surface area contributed by atoms with Crippen molar-refractivity contribution in [3.8, 4) is 0 Å². The second-order valence-corrected chi connectivity index (χ2v) is 5.66. The van der Waals surface area contributed by atoms with E-state index in [9.17, 15) is 9.59 Å². The first-order valence-electron chi connectivity index (χ1n) is 7.04. The van der Waals surface area contributed by atoms with Gasteiger partial charge in [-0.15, -0.1) is 0 Å². The molecule has 114 valence electrons. The molecule has 0 bridgehead atoms. The van der Waals surface area contributed by atoms with E-state index in [0.717, 1.165) is 18.4 Å². The van der Waals surface area contributed by atoms with E-state index >= 15 is 0 Å². The zero-order valence-corrected chi connectivity index (χ0v) is 12.5. The van der Waals surface area contributed by atoms with Gasteiger partial charge in [-0.2, -0.15) is 0 Å². The molecule has 0 radical (unpaired) electrons. The molecule has 2 rings (SSSR count). The molecule has 0 aliphatic carbocycles. The van der Waals surface area contributed by atoms with E-state index in [2.05, 4.69) is 5.32 Å². The van der Waals surface area contributed by atoms with Gasteiger partial charge in [-0.1, -0.05) is 30.2 Å². The third-order valence-corrected chi connectivity index (χ3v) is 3.90. The van der Waals surface area contributed by atoms with Gasteiger partial charge < -0.3 is 10.4 Å². The van der Waals surface area contributed by atoms with Crippen LogP contribution in [0.3, 0.4) is 0 Å². The number of carbonyl (C=O) groups is 2. The summed E-state index contributed by atoms with van der Waals surface area (Å²) in [7, 11) is 0. The zero-order valence-electron chi connectivity index (χ0n) is 11.7. The van der Waals surface area contributed by atoms with E-state index in [1.165, 1.54) is 0 Å². The molecule has 1 aromatic carbocycles. The van der Waals surface area contributed by atoms with Crippen LogP contribution >= 0.6 is 11.6 Å². The molecule has 1 aliphatic heterocycles. The van der Waals surface area contributed by atoms with Crippen LogP contribution in [0.2, 0.25) is 5.02 Å². The minimum atomic E-state index is -0.847. The van der Waals surface area contributed by atoms with E-state index in [0.29, 0.717) is 24.5 Å². The number of rotatable bonds is 5. The van der Waals surface area contributed by atoms with Crippen LogP contribution in [0, 0.1) is 0 Å². The lowest BCUT2D eigenvalue weighted by atomic mass is 10.0. The second kappa shape index (κ2) is 7.43. The Morgan fingerprint density at radius 1 is 1.29 bits per heavy atom. The van der Waals surface area contributed by atoms with Crippen LogP contribution < -0.4 is 5.32 Å². The van der Waals surface area contributed by atoms with Gasteiger partial charge in [0.25, 0.3) is 0 Å². The van der Waals surface area contributed by atoms with Crippen molar-refractivity contribution >= 4 is 23.5 Å². The number of nitrogens with zero attached hydrogens (tertiary/aromatic N) is 1. The van der Waals surface area contributed by atoms with Gasteiger partial charge in [0.2, 0.25) is 5.91 Å². The Hall–Kier alpha value is -1.59. The average Bonchev–Trinajstić information content (AvgIpc) is 2.47. The summed E-state index contributed by atoms with van der Waals surface area (Å²) in [6, 6.07) is 6.70. The largest absolute Gasteiger partial charge is 0.480 e. The summed E-state index contributed by atoms with van der Waals surface area (Å²) < 4.78 is 0. The van der Waals surface area contributed by atoms with Crippen LogP contribution in [-0.2, 0) is 16.1 Å². The fraction of sp³-hybridized carbons (Fsp3) is 0.467. The van der Waals surface area contributed by atoms with Crippen LogP contribution in [0.15, 0.2) is 24.3 Å². The maximum Gasteiger partial charge on any atom is 0.320 e. The molecule has 1 aromatic rings. The quantitative estimate of drug-likeness (QED) is 0.871. The predicted molar refractivity (Wildman–Crippen MR) is 80.1 cm³/mol. The highest BCUT2D eigenvalue weighted by Crippen LogP contribution is 2.16. The van der Waals surface area contributed by atoms with E-state index in [1.807, 2.05) is 12.1 Å². The van der Waals surface area contributed by atoms with E-state index in [4.69, 9.17) is 16.7 Å². The molecule has 1 heterocycles. The average molecular weight is 311 g/mol. The highest BCUT2D eigenvalue weighted by atomic mass is 35.5. The summed E-state index contributed by atoms with van der Waals surface area (Å²) in [5, 5.41) is 12.6. The van der Waals surface area contributed by atoms with E-state index < -0.39 is 12.0 Å². The maximum atomic E-state index is 11.9. The van der Waals surface area contributed by atoms with Gasteiger partial charge >= 0.3 is 5.97 Å². The minimum absolute atomic E-state index is 0.130. The minimum Gasteiger partial charge on any atom is -0.480 e. The van der Waals surface area contributed by atoms with Crippen molar-refractivity contribution in [3.63, 3.8) is 0 Å². The molecule has 1 unspecified atom stereocenters. The molecular formula is C15H19ClN2O3. The monoisotopic (exact) mass is 310 g/mol. The molecule has 0 aromatic heterocycles. The highest BCUT2D eigenvalue weighted by Gasteiger charge is 2.29. The molecule has 5 nitrogen and oxygen atoms in total. The van der Waals surface area contributed by atoms with Gasteiger partial charge in [0, 0.05) is 11.6 Å². The van der Waals surface area contributed by atoms with Gasteiger partial charge in [-0.3, -0.25) is 14.5 Å². The lowest BCUT2D eigenvalue weighted by Crippen LogP contribution is -2.48. The number of hydrogen-bond acceptors (Lipinski definition) is 3. The summed E-state index contributed by atoms with van der Waals surface area (Å²) in [5.41, 5.74) is 0.959. The van der Waals surface area contributed by atoms with Crippen molar-refractivity contribution in [2.45, 2.75) is 31.8 Å². The number of halogens is 1. The smallest absolute Gasteiger partial charge is 0.320 e. The second-order valence-electron chi connectivity index (χ2n) is 5.22. The third-order valence-electron chi connectivity index (χ3n) is 3.65. The van der Waals surface area contributed by atoms with Crippen LogP contribution in [0.5, 0.6) is 0 Å². The number of carboxylic acids is 1. The molecular weight excluding hydrogens is 292 g/mol. The van der Waals surface area contributed by atoms with Crippen molar-refractivity contribution in [1.29, 1.82) is 0 Å². The van der Waals surface area contributed by atoms with Crippen LogP contribution in [0.1, 0.15) is 24.8 Å². The number of likely N-dealkylation sites (tertiary alicyclic amines) is 1. The molecule has 1 aliphatic rings. The first-order chi connectivity index (χ1) is 10.1. The SMILES string of the molecule is O=C(CN1CCCCC1C(=O)O)NCc1ccc(Cl)cc1. The van der Waals surface area contributed by atoms with E-state index in [-0.39, 0.29) is 12.5 Å². The maximum absolute atomic E-state index is 11.9. The summed E-state index contributed by atoms with van der Waals surface area (Å²) >= 11 is 5.80. The molecule has 1 saturated heterocycles. The standard InChI is InChI=1S/C15H19ClN2O3/c16-12-6-4-11(5-7-12)9-17-14(19)10-18-8-2-1-3-13(18)15(20)21/h4-7,13H,1-3,8-10H2,(H,17,19)(H,20,21). The van der Waals surface area contributed by atoms with Crippen LogP contribution in [-0.4, -0.2) is 41.0 Å². The topological polar surface area (TPSA) is 69.6 Å². The molecule has 0 saturated carbocycles. The molecule has 1 atom stereocenters. The molecule has 1 amide bonds. The van der Waals surface area contributed by atoms with Gasteiger partial charge in [-0.25, -0.2) is 0 Å². The molecule has 1 fully saturated rings. The molecule has 21 heavy (non-hydrogen) atoms. The Morgan fingerprint density at radius 3 is 2.67 bits per heavy atom. The number of carbonyl (C=O) groups excluding carboxylic acids is 1. The van der Waals surface area contributed by atoms with Crippen molar-refractivity contribution < 1.29 is 14.7 Å². The van der Waals surface area contributed by atoms with Crippen molar-refractivity contribution in [2.24, 2.45) is 0 Å². The first kappa shape index (κ1) is 15.8. The number of benzene rings is 1. The van der Waals surface area contributed by atoms with Gasteiger partial charge in [0.05, 0.1) is 6.54 Å². The number of amides is 1. The lowest BCUT2D eigenvalue weighted by Gasteiger charge is -2.32. The molecule has 0 spiro atoms. The third kappa shape index (κ3) is 4.72. The van der Waals surface area contributed by atoms with E-state index in [1.54, 1.807) is 17.0 Å². The Morgan fingerprint density at radius 2 is 2.00 bits per heavy atom. The lowest BCUT2D eigenvalue weighted by molar-refractivity contribution is -0.145. The summed E-state index contributed by atoms with van der Waals surface area (Å²) in [4.78, 5) is 24.9. The first-order valence-corrected chi connectivity index (χ1v) is 7.42. The zero-order chi connectivity index (χ0) is 15.2. The van der Waals surface area contributed by atoms with Crippen LogP contribution in [0.25, 0.3) is 0 Å². The van der Waals surface area contributed by atoms with Crippen molar-refractivity contribution in [2.75, 3.05) is 13.1 Å². The predicted octanol–water partition coefficient (Wildman–Crippen LogP) is 1.90. The summed E-state index contributed by atoms with van der Waals surface area (Å²) in [6.07, 6.45) is 2.45. The fourth-order valence-electron chi connectivity index (χ4n) is 2.50. The van der Waals surface area contributed by atoms with Crippen LogP contribution in [0.4, 0.5) is 0 Å². The number of piperidine rings is 1. The normalized spacial score (nSPS) is 19.2.